The number of amides is 1. The Hall–Kier alpha value is -1.55. The van der Waals surface area contributed by atoms with Crippen molar-refractivity contribution >= 4 is 29.1 Å². The molecule has 0 aliphatic carbocycles. The van der Waals surface area contributed by atoms with Gasteiger partial charge in [0.05, 0.1) is 0 Å². The van der Waals surface area contributed by atoms with Crippen LogP contribution in [0.15, 0.2) is 42.5 Å². The van der Waals surface area contributed by atoms with Crippen LogP contribution < -0.4 is 5.48 Å². The van der Waals surface area contributed by atoms with E-state index in [9.17, 15) is 4.79 Å². The van der Waals surface area contributed by atoms with E-state index in [1.807, 2.05) is 0 Å². The Morgan fingerprint density at radius 3 is 2.00 bits per heavy atom. The van der Waals surface area contributed by atoms with E-state index in [2.05, 4.69) is 0 Å². The number of hydrogen-bond acceptors (Lipinski definition) is 2. The SMILES string of the molecule is O=C(NO)c1ccc(-c2cc(Cl)cc(Cl)c2)cc1. The van der Waals surface area contributed by atoms with Crippen molar-refractivity contribution in [1.29, 1.82) is 0 Å². The second kappa shape index (κ2) is 5.40. The predicted octanol–water partition coefficient (Wildman–Crippen LogP) is 3.78. The van der Waals surface area contributed by atoms with Crippen molar-refractivity contribution in [3.63, 3.8) is 0 Å². The summed E-state index contributed by atoms with van der Waals surface area (Å²) in [5, 5.41) is 9.61. The molecule has 0 unspecified atom stereocenters. The minimum Gasteiger partial charge on any atom is -0.288 e. The Labute approximate surface area is 114 Å². The maximum atomic E-state index is 11.2. The smallest absolute Gasteiger partial charge is 0.274 e. The third-order valence-corrected chi connectivity index (χ3v) is 2.88. The van der Waals surface area contributed by atoms with Crippen LogP contribution in [0.1, 0.15) is 10.4 Å². The van der Waals surface area contributed by atoms with Crippen molar-refractivity contribution < 1.29 is 10.0 Å². The highest BCUT2D eigenvalue weighted by Crippen LogP contribution is 2.27. The van der Waals surface area contributed by atoms with Crippen LogP contribution >= 0.6 is 23.2 Å². The lowest BCUT2D eigenvalue weighted by molar-refractivity contribution is 0.0706. The summed E-state index contributed by atoms with van der Waals surface area (Å²) in [5.74, 6) is -0.550. The summed E-state index contributed by atoms with van der Waals surface area (Å²) in [4.78, 5) is 11.2. The van der Waals surface area contributed by atoms with Gasteiger partial charge in [-0.25, -0.2) is 5.48 Å². The van der Waals surface area contributed by atoms with E-state index in [4.69, 9.17) is 28.4 Å². The average molecular weight is 282 g/mol. The molecule has 0 heterocycles. The third-order valence-electron chi connectivity index (χ3n) is 2.44. The van der Waals surface area contributed by atoms with Gasteiger partial charge in [-0.05, 0) is 41.5 Å². The molecule has 0 spiro atoms. The monoisotopic (exact) mass is 281 g/mol. The summed E-state index contributed by atoms with van der Waals surface area (Å²) in [5.41, 5.74) is 3.69. The van der Waals surface area contributed by atoms with Gasteiger partial charge in [-0.15, -0.1) is 0 Å². The minimum absolute atomic E-state index is 0.370. The molecule has 2 N–H and O–H groups in total. The predicted molar refractivity (Wildman–Crippen MR) is 71.2 cm³/mol. The number of benzene rings is 2. The van der Waals surface area contributed by atoms with Gasteiger partial charge >= 0.3 is 0 Å². The Balaban J connectivity index is 2.37. The van der Waals surface area contributed by atoms with Crippen LogP contribution in [0.5, 0.6) is 0 Å². The number of hydroxylamine groups is 1. The highest BCUT2D eigenvalue weighted by atomic mass is 35.5. The molecule has 0 atom stereocenters. The minimum atomic E-state index is -0.550. The highest BCUT2D eigenvalue weighted by molar-refractivity contribution is 6.35. The zero-order valence-corrected chi connectivity index (χ0v) is 10.7. The second-order valence-electron chi connectivity index (χ2n) is 3.68. The number of rotatable bonds is 2. The van der Waals surface area contributed by atoms with Crippen molar-refractivity contribution in [2.75, 3.05) is 0 Å². The number of nitrogens with one attached hydrogen (secondary N) is 1. The van der Waals surface area contributed by atoms with Crippen molar-refractivity contribution in [3.05, 3.63) is 58.1 Å². The molecule has 0 aliphatic rings. The van der Waals surface area contributed by atoms with E-state index in [-0.39, 0.29) is 0 Å². The lowest BCUT2D eigenvalue weighted by Gasteiger charge is -2.05. The Bertz CT molecular complexity index is 562. The van der Waals surface area contributed by atoms with Crippen LogP contribution in [0, 0.1) is 0 Å². The van der Waals surface area contributed by atoms with Gasteiger partial charge < -0.3 is 0 Å². The lowest BCUT2D eigenvalue weighted by atomic mass is 10.0. The molecule has 0 fully saturated rings. The van der Waals surface area contributed by atoms with Gasteiger partial charge in [0.1, 0.15) is 0 Å². The van der Waals surface area contributed by atoms with E-state index in [0.717, 1.165) is 11.1 Å². The molecule has 0 saturated carbocycles. The van der Waals surface area contributed by atoms with Crippen molar-refractivity contribution in [1.82, 2.24) is 5.48 Å². The summed E-state index contributed by atoms with van der Waals surface area (Å²) in [7, 11) is 0. The molecule has 0 bridgehead atoms. The Morgan fingerprint density at radius 1 is 0.944 bits per heavy atom. The molecular formula is C13H9Cl2NO2. The quantitative estimate of drug-likeness (QED) is 0.650. The lowest BCUT2D eigenvalue weighted by Crippen LogP contribution is -2.18. The maximum absolute atomic E-state index is 11.2. The van der Waals surface area contributed by atoms with Gasteiger partial charge in [-0.1, -0.05) is 35.3 Å². The van der Waals surface area contributed by atoms with Crippen molar-refractivity contribution in [2.45, 2.75) is 0 Å². The number of halogens is 2. The van der Waals surface area contributed by atoms with Gasteiger partial charge in [0.15, 0.2) is 0 Å². The van der Waals surface area contributed by atoms with Crippen LogP contribution in [0.4, 0.5) is 0 Å². The van der Waals surface area contributed by atoms with E-state index in [0.29, 0.717) is 15.6 Å². The van der Waals surface area contributed by atoms with Crippen molar-refractivity contribution in [3.8, 4) is 11.1 Å². The molecule has 5 heteroatoms. The fraction of sp³-hybridized carbons (Fsp3) is 0. The van der Waals surface area contributed by atoms with Gasteiger partial charge in [-0.2, -0.15) is 0 Å². The zero-order valence-electron chi connectivity index (χ0n) is 9.15. The normalized spacial score (nSPS) is 10.2. The Morgan fingerprint density at radius 2 is 1.50 bits per heavy atom. The first kappa shape index (κ1) is 12.9. The summed E-state index contributed by atoms with van der Waals surface area (Å²) in [6.45, 7) is 0. The number of carbonyl (C=O) groups excluding carboxylic acids is 1. The molecule has 2 aromatic carbocycles. The molecule has 1 amide bonds. The van der Waals surface area contributed by atoms with Gasteiger partial charge in [0, 0.05) is 15.6 Å². The highest BCUT2D eigenvalue weighted by Gasteiger charge is 2.05. The van der Waals surface area contributed by atoms with E-state index < -0.39 is 5.91 Å². The number of hydrogen-bond donors (Lipinski definition) is 2. The first-order chi connectivity index (χ1) is 8.60. The van der Waals surface area contributed by atoms with Gasteiger partial charge in [0.25, 0.3) is 5.91 Å². The van der Waals surface area contributed by atoms with Gasteiger partial charge in [-0.3, -0.25) is 10.0 Å². The number of carbonyl (C=O) groups is 1. The third kappa shape index (κ3) is 2.82. The molecular weight excluding hydrogens is 273 g/mol. The molecule has 18 heavy (non-hydrogen) atoms. The molecule has 0 aliphatic heterocycles. The fourth-order valence-corrected chi connectivity index (χ4v) is 2.13. The standard InChI is InChI=1S/C13H9Cl2NO2/c14-11-5-10(6-12(15)7-11)8-1-3-9(4-2-8)13(17)16-18/h1-7,18H,(H,16,17). The molecule has 0 radical (unpaired) electrons. The van der Waals surface area contributed by atoms with Crippen molar-refractivity contribution in [2.24, 2.45) is 0 Å². The average Bonchev–Trinajstić information content (AvgIpc) is 2.37. The first-order valence-corrected chi connectivity index (χ1v) is 5.87. The molecule has 92 valence electrons. The van der Waals surface area contributed by atoms with E-state index >= 15 is 0 Å². The fourth-order valence-electron chi connectivity index (χ4n) is 1.60. The van der Waals surface area contributed by atoms with Crippen LogP contribution in [0.25, 0.3) is 11.1 Å². The van der Waals surface area contributed by atoms with Crippen LogP contribution in [-0.4, -0.2) is 11.1 Å². The molecule has 2 aromatic rings. The topological polar surface area (TPSA) is 49.3 Å². The van der Waals surface area contributed by atoms with E-state index in [1.165, 1.54) is 0 Å². The largest absolute Gasteiger partial charge is 0.288 e. The van der Waals surface area contributed by atoms with Crippen LogP contribution in [0.3, 0.4) is 0 Å². The summed E-state index contributed by atoms with van der Waals surface area (Å²) >= 11 is 11.8. The van der Waals surface area contributed by atoms with E-state index in [1.54, 1.807) is 47.9 Å². The van der Waals surface area contributed by atoms with Gasteiger partial charge in [0.2, 0.25) is 0 Å². The summed E-state index contributed by atoms with van der Waals surface area (Å²) < 4.78 is 0. The zero-order chi connectivity index (χ0) is 13.1. The molecule has 0 aromatic heterocycles. The molecule has 2 rings (SSSR count). The molecule has 0 saturated heterocycles. The molecule has 3 nitrogen and oxygen atoms in total. The van der Waals surface area contributed by atoms with Crippen LogP contribution in [0.2, 0.25) is 10.0 Å². The van der Waals surface area contributed by atoms with Crippen LogP contribution in [-0.2, 0) is 0 Å². The maximum Gasteiger partial charge on any atom is 0.274 e. The summed E-state index contributed by atoms with van der Waals surface area (Å²) in [6, 6.07) is 12.0. The second-order valence-corrected chi connectivity index (χ2v) is 4.55. The Kier molecular flexibility index (Phi) is 3.87. The summed E-state index contributed by atoms with van der Waals surface area (Å²) in [6.07, 6.45) is 0. The first-order valence-electron chi connectivity index (χ1n) is 5.11.